The molecule has 3 nitrogen and oxygen atoms in total. The smallest absolute Gasteiger partial charge is 0.153 e. The van der Waals surface area contributed by atoms with Crippen LogP contribution in [0.3, 0.4) is 0 Å². The largest absolute Gasteiger partial charge is 0.484 e. The van der Waals surface area contributed by atoms with Gasteiger partial charge in [-0.05, 0) is 25.9 Å². The average Bonchev–Trinajstić information content (AvgIpc) is 2.77. The Labute approximate surface area is 100 Å². The average molecular weight is 238 g/mol. The van der Waals surface area contributed by atoms with Crippen LogP contribution in [0.5, 0.6) is 5.75 Å². The highest BCUT2D eigenvalue weighted by molar-refractivity contribution is 7.08. The van der Waals surface area contributed by atoms with Gasteiger partial charge in [0.05, 0.1) is 12.2 Å². The van der Waals surface area contributed by atoms with Gasteiger partial charge in [-0.25, -0.2) is 0 Å². The summed E-state index contributed by atoms with van der Waals surface area (Å²) in [7, 11) is 0. The van der Waals surface area contributed by atoms with Gasteiger partial charge in [-0.15, -0.1) is 11.3 Å². The number of fused-ring (bicyclic) bond motifs is 1. The van der Waals surface area contributed by atoms with Gasteiger partial charge in [0.25, 0.3) is 0 Å². The summed E-state index contributed by atoms with van der Waals surface area (Å²) in [5, 5.41) is 7.65. The Morgan fingerprint density at radius 1 is 1.31 bits per heavy atom. The van der Waals surface area contributed by atoms with Crippen LogP contribution in [0.25, 0.3) is 0 Å². The van der Waals surface area contributed by atoms with E-state index < -0.39 is 0 Å². The van der Waals surface area contributed by atoms with Crippen molar-refractivity contribution < 1.29 is 4.74 Å². The van der Waals surface area contributed by atoms with Crippen molar-refractivity contribution in [3.05, 3.63) is 10.8 Å². The van der Waals surface area contributed by atoms with Crippen molar-refractivity contribution in [3.63, 3.8) is 0 Å². The number of thiophene rings is 1. The maximum absolute atomic E-state index is 5.98. The number of piperidine rings is 1. The highest BCUT2D eigenvalue weighted by atomic mass is 32.1. The maximum Gasteiger partial charge on any atom is 0.153 e. The second kappa shape index (κ2) is 4.63. The third kappa shape index (κ3) is 2.18. The predicted molar refractivity (Wildman–Crippen MR) is 67.5 cm³/mol. The zero-order valence-electron chi connectivity index (χ0n) is 9.45. The lowest BCUT2D eigenvalue weighted by molar-refractivity contribution is 0.122. The van der Waals surface area contributed by atoms with Gasteiger partial charge in [-0.3, -0.25) is 4.90 Å². The Hall–Kier alpha value is -0.740. The van der Waals surface area contributed by atoms with Crippen molar-refractivity contribution in [3.8, 4) is 5.75 Å². The number of hydrogen-bond acceptors (Lipinski definition) is 4. The second-order valence-corrected chi connectivity index (χ2v) is 5.38. The summed E-state index contributed by atoms with van der Waals surface area (Å²) in [4.78, 5) is 2.53. The molecule has 3 rings (SSSR count). The molecule has 1 atom stereocenters. The third-order valence-electron chi connectivity index (χ3n) is 3.35. The van der Waals surface area contributed by atoms with Gasteiger partial charge in [0.2, 0.25) is 0 Å². The van der Waals surface area contributed by atoms with Crippen LogP contribution in [0.15, 0.2) is 10.8 Å². The van der Waals surface area contributed by atoms with Gasteiger partial charge in [0.1, 0.15) is 6.10 Å². The third-order valence-corrected chi connectivity index (χ3v) is 4.07. The Balaban J connectivity index is 1.57. The van der Waals surface area contributed by atoms with E-state index in [-0.39, 0.29) is 0 Å². The molecule has 1 aromatic rings. The first-order chi connectivity index (χ1) is 7.92. The quantitative estimate of drug-likeness (QED) is 0.856. The summed E-state index contributed by atoms with van der Waals surface area (Å²) >= 11 is 1.70. The molecule has 4 heteroatoms. The fourth-order valence-electron chi connectivity index (χ4n) is 2.48. The van der Waals surface area contributed by atoms with Gasteiger partial charge >= 0.3 is 0 Å². The molecule has 1 saturated heterocycles. The molecule has 1 aromatic heterocycles. The molecule has 1 unspecified atom stereocenters. The zero-order valence-corrected chi connectivity index (χ0v) is 10.3. The van der Waals surface area contributed by atoms with E-state index in [0.29, 0.717) is 6.10 Å². The fraction of sp³-hybridized carbons (Fsp3) is 0.667. The predicted octanol–water partition coefficient (Wildman–Crippen LogP) is 2.41. The number of anilines is 1. The standard InChI is InChI=1S/C12H18N2OS/c1-2-4-14(5-3-1)7-10-6-13-11-8-16-9-12(11)15-10/h8-10,13H,1-7H2. The van der Waals surface area contributed by atoms with E-state index in [2.05, 4.69) is 21.0 Å². The molecule has 2 aliphatic rings. The van der Waals surface area contributed by atoms with Crippen LogP contribution >= 0.6 is 11.3 Å². The molecule has 0 spiro atoms. The van der Waals surface area contributed by atoms with Crippen molar-refractivity contribution in [1.82, 2.24) is 4.90 Å². The molecule has 1 N–H and O–H groups in total. The first-order valence-electron chi connectivity index (χ1n) is 6.11. The fourth-order valence-corrected chi connectivity index (χ4v) is 3.19. The monoisotopic (exact) mass is 238 g/mol. The molecule has 88 valence electrons. The van der Waals surface area contributed by atoms with E-state index in [1.807, 2.05) is 0 Å². The molecular weight excluding hydrogens is 220 g/mol. The van der Waals surface area contributed by atoms with Gasteiger partial charge in [0, 0.05) is 17.3 Å². The topological polar surface area (TPSA) is 24.5 Å². The summed E-state index contributed by atoms with van der Waals surface area (Å²) in [6, 6.07) is 0. The van der Waals surface area contributed by atoms with E-state index in [0.717, 1.165) is 18.8 Å². The summed E-state index contributed by atoms with van der Waals surface area (Å²) in [5.41, 5.74) is 1.17. The van der Waals surface area contributed by atoms with E-state index >= 15 is 0 Å². The molecule has 0 radical (unpaired) electrons. The van der Waals surface area contributed by atoms with Crippen molar-refractivity contribution >= 4 is 17.0 Å². The van der Waals surface area contributed by atoms with Gasteiger partial charge in [-0.1, -0.05) is 6.42 Å². The highest BCUT2D eigenvalue weighted by Gasteiger charge is 2.22. The molecular formula is C12H18N2OS. The van der Waals surface area contributed by atoms with Crippen molar-refractivity contribution in [2.45, 2.75) is 25.4 Å². The minimum absolute atomic E-state index is 0.320. The Kier molecular flexibility index (Phi) is 3.02. The molecule has 1 fully saturated rings. The number of hydrogen-bond donors (Lipinski definition) is 1. The number of nitrogens with zero attached hydrogens (tertiary/aromatic N) is 1. The van der Waals surface area contributed by atoms with Crippen molar-refractivity contribution in [2.24, 2.45) is 0 Å². The van der Waals surface area contributed by atoms with E-state index in [9.17, 15) is 0 Å². The summed E-state index contributed by atoms with van der Waals surface area (Å²) < 4.78 is 5.98. The molecule has 0 aliphatic carbocycles. The summed E-state index contributed by atoms with van der Waals surface area (Å²) in [5.74, 6) is 1.04. The van der Waals surface area contributed by atoms with Crippen LogP contribution in [0.1, 0.15) is 19.3 Å². The molecule has 16 heavy (non-hydrogen) atoms. The first-order valence-corrected chi connectivity index (χ1v) is 7.05. The lowest BCUT2D eigenvalue weighted by atomic mass is 10.1. The normalized spacial score (nSPS) is 25.6. The van der Waals surface area contributed by atoms with E-state index in [1.54, 1.807) is 11.3 Å². The number of likely N-dealkylation sites (tertiary alicyclic amines) is 1. The minimum atomic E-state index is 0.320. The summed E-state index contributed by atoms with van der Waals surface area (Å²) in [6.07, 6.45) is 4.42. The minimum Gasteiger partial charge on any atom is -0.484 e. The van der Waals surface area contributed by atoms with Crippen molar-refractivity contribution in [1.29, 1.82) is 0 Å². The van der Waals surface area contributed by atoms with E-state index in [1.165, 1.54) is 38.0 Å². The van der Waals surface area contributed by atoms with Crippen LogP contribution in [-0.4, -0.2) is 37.2 Å². The molecule has 0 amide bonds. The SMILES string of the molecule is c1scc2c1NCC(CN1CCCCC1)O2. The molecule has 2 aliphatic heterocycles. The van der Waals surface area contributed by atoms with Crippen LogP contribution in [0.4, 0.5) is 5.69 Å². The zero-order chi connectivity index (χ0) is 10.8. The Morgan fingerprint density at radius 3 is 3.06 bits per heavy atom. The number of nitrogens with one attached hydrogen (secondary N) is 1. The summed E-state index contributed by atoms with van der Waals surface area (Å²) in [6.45, 7) is 4.51. The van der Waals surface area contributed by atoms with Crippen LogP contribution < -0.4 is 10.1 Å². The molecule has 0 saturated carbocycles. The van der Waals surface area contributed by atoms with Gasteiger partial charge < -0.3 is 10.1 Å². The lowest BCUT2D eigenvalue weighted by Crippen LogP contribution is -2.43. The lowest BCUT2D eigenvalue weighted by Gasteiger charge is -2.32. The van der Waals surface area contributed by atoms with Crippen molar-refractivity contribution in [2.75, 3.05) is 31.5 Å². The molecule has 0 bridgehead atoms. The number of rotatable bonds is 2. The van der Waals surface area contributed by atoms with E-state index in [4.69, 9.17) is 4.74 Å². The van der Waals surface area contributed by atoms with Gasteiger partial charge in [0.15, 0.2) is 5.75 Å². The first kappa shape index (κ1) is 10.4. The Bertz CT molecular complexity index is 347. The molecule has 3 heterocycles. The van der Waals surface area contributed by atoms with Gasteiger partial charge in [-0.2, -0.15) is 0 Å². The van der Waals surface area contributed by atoms with Crippen LogP contribution in [-0.2, 0) is 0 Å². The highest BCUT2D eigenvalue weighted by Crippen LogP contribution is 2.32. The van der Waals surface area contributed by atoms with Crippen LogP contribution in [0.2, 0.25) is 0 Å². The maximum atomic E-state index is 5.98. The second-order valence-electron chi connectivity index (χ2n) is 4.63. The Morgan fingerprint density at radius 2 is 2.19 bits per heavy atom. The van der Waals surface area contributed by atoms with Crippen LogP contribution in [0, 0.1) is 0 Å². The number of ether oxygens (including phenoxy) is 1. The molecule has 0 aromatic carbocycles.